The van der Waals surface area contributed by atoms with E-state index in [0.717, 1.165) is 24.1 Å². The van der Waals surface area contributed by atoms with Gasteiger partial charge in [0, 0.05) is 30.4 Å². The largest absolute Gasteiger partial charge is 0.339 e. The van der Waals surface area contributed by atoms with Crippen LogP contribution in [0.1, 0.15) is 42.8 Å². The number of nitrogens with zero attached hydrogens (tertiary/aromatic N) is 3. The molecule has 3 rings (SSSR count). The Morgan fingerprint density at radius 1 is 1.32 bits per heavy atom. The lowest BCUT2D eigenvalue weighted by atomic mass is 10.2. The third kappa shape index (κ3) is 4.46. The Balaban J connectivity index is 1.67. The van der Waals surface area contributed by atoms with Gasteiger partial charge in [0.2, 0.25) is 5.89 Å². The van der Waals surface area contributed by atoms with Gasteiger partial charge in [0.1, 0.15) is 4.21 Å². The lowest BCUT2D eigenvalue weighted by Gasteiger charge is -2.25. The maximum Gasteiger partial charge on any atom is 0.252 e. The molecule has 0 spiro atoms. The minimum Gasteiger partial charge on any atom is -0.339 e. The molecular formula is C16H24N4O3S2. The molecule has 1 atom stereocenters. The van der Waals surface area contributed by atoms with Crippen LogP contribution in [-0.4, -0.2) is 49.0 Å². The van der Waals surface area contributed by atoms with Crippen molar-refractivity contribution in [2.75, 3.05) is 20.1 Å². The van der Waals surface area contributed by atoms with Crippen molar-refractivity contribution in [1.82, 2.24) is 19.8 Å². The quantitative estimate of drug-likeness (QED) is 0.786. The average Bonchev–Trinajstić information content (AvgIpc) is 3.26. The molecule has 0 aromatic carbocycles. The molecule has 7 nitrogen and oxygen atoms in total. The van der Waals surface area contributed by atoms with Crippen LogP contribution in [0.15, 0.2) is 20.9 Å². The van der Waals surface area contributed by atoms with Crippen LogP contribution in [0.25, 0.3) is 0 Å². The Morgan fingerprint density at radius 2 is 2.08 bits per heavy atom. The second-order valence-electron chi connectivity index (χ2n) is 6.36. The van der Waals surface area contributed by atoms with Gasteiger partial charge in [-0.3, -0.25) is 0 Å². The smallest absolute Gasteiger partial charge is 0.252 e. The van der Waals surface area contributed by atoms with Crippen LogP contribution in [0.4, 0.5) is 0 Å². The lowest BCUT2D eigenvalue weighted by molar-refractivity contribution is 0.347. The zero-order chi connectivity index (χ0) is 17.9. The molecular weight excluding hydrogens is 360 g/mol. The van der Waals surface area contributed by atoms with Crippen LogP contribution in [0.2, 0.25) is 0 Å². The van der Waals surface area contributed by atoms with Gasteiger partial charge in [-0.2, -0.15) is 9.29 Å². The highest BCUT2D eigenvalue weighted by atomic mass is 32.2. The number of sulfonamides is 1. The second kappa shape index (κ2) is 7.94. The van der Waals surface area contributed by atoms with E-state index in [0.29, 0.717) is 41.9 Å². The van der Waals surface area contributed by atoms with Crippen LogP contribution in [0.3, 0.4) is 0 Å². The summed E-state index contributed by atoms with van der Waals surface area (Å²) in [6, 6.07) is 3.79. The summed E-state index contributed by atoms with van der Waals surface area (Å²) in [6.07, 6.45) is 4.13. The normalized spacial score (nSPS) is 17.7. The van der Waals surface area contributed by atoms with E-state index in [4.69, 9.17) is 4.52 Å². The number of rotatable bonds is 7. The SMILES string of the molecule is CNC(C)Cc1noc(Cc2ccc(S(=O)(=O)N3CCCCC3)s2)n1. The Hall–Kier alpha value is -1.29. The van der Waals surface area contributed by atoms with Crippen LogP contribution in [0.5, 0.6) is 0 Å². The van der Waals surface area contributed by atoms with Crippen LogP contribution < -0.4 is 5.32 Å². The highest BCUT2D eigenvalue weighted by Gasteiger charge is 2.27. The van der Waals surface area contributed by atoms with Gasteiger partial charge in [-0.05, 0) is 38.9 Å². The van der Waals surface area contributed by atoms with Crippen molar-refractivity contribution in [3.8, 4) is 0 Å². The molecule has 1 unspecified atom stereocenters. The summed E-state index contributed by atoms with van der Waals surface area (Å²) < 4.78 is 32.7. The van der Waals surface area contributed by atoms with Gasteiger partial charge in [-0.1, -0.05) is 11.6 Å². The summed E-state index contributed by atoms with van der Waals surface area (Å²) in [7, 11) is -1.48. The van der Waals surface area contributed by atoms with Gasteiger partial charge >= 0.3 is 0 Å². The molecule has 9 heteroatoms. The predicted octanol–water partition coefficient (Wildman–Crippen LogP) is 2.05. The maximum absolute atomic E-state index is 12.7. The molecule has 138 valence electrons. The molecule has 0 aliphatic carbocycles. The van der Waals surface area contributed by atoms with E-state index >= 15 is 0 Å². The minimum atomic E-state index is -3.37. The molecule has 0 radical (unpaired) electrons. The molecule has 3 heterocycles. The van der Waals surface area contributed by atoms with Gasteiger partial charge in [0.25, 0.3) is 10.0 Å². The molecule has 1 aliphatic rings. The van der Waals surface area contributed by atoms with E-state index in [1.54, 1.807) is 10.4 Å². The summed E-state index contributed by atoms with van der Waals surface area (Å²) in [5, 5.41) is 7.11. The van der Waals surface area contributed by atoms with Gasteiger partial charge in [-0.15, -0.1) is 11.3 Å². The first kappa shape index (κ1) is 18.5. The zero-order valence-corrected chi connectivity index (χ0v) is 16.2. The highest BCUT2D eigenvalue weighted by molar-refractivity contribution is 7.91. The number of likely N-dealkylation sites (N-methyl/N-ethyl adjacent to an activating group) is 1. The van der Waals surface area contributed by atoms with Crippen molar-refractivity contribution in [3.05, 3.63) is 28.7 Å². The van der Waals surface area contributed by atoms with Crippen molar-refractivity contribution in [1.29, 1.82) is 0 Å². The Bertz CT molecular complexity index is 794. The number of hydrogen-bond acceptors (Lipinski definition) is 7. The third-order valence-electron chi connectivity index (χ3n) is 4.36. The number of hydrogen-bond donors (Lipinski definition) is 1. The topological polar surface area (TPSA) is 88.3 Å². The number of piperidine rings is 1. The van der Waals surface area contributed by atoms with E-state index in [1.165, 1.54) is 11.3 Å². The maximum atomic E-state index is 12.7. The van der Waals surface area contributed by atoms with E-state index in [2.05, 4.69) is 15.5 Å². The first-order valence-corrected chi connectivity index (χ1v) is 10.8. The fraction of sp³-hybridized carbons (Fsp3) is 0.625. The van der Waals surface area contributed by atoms with Crippen molar-refractivity contribution >= 4 is 21.4 Å². The molecule has 0 amide bonds. The van der Waals surface area contributed by atoms with Crippen molar-refractivity contribution in [2.24, 2.45) is 0 Å². The highest BCUT2D eigenvalue weighted by Crippen LogP contribution is 2.28. The monoisotopic (exact) mass is 384 g/mol. The van der Waals surface area contributed by atoms with Crippen LogP contribution >= 0.6 is 11.3 Å². The summed E-state index contributed by atoms with van der Waals surface area (Å²) in [5.41, 5.74) is 0. The van der Waals surface area contributed by atoms with Gasteiger partial charge in [0.15, 0.2) is 5.82 Å². The fourth-order valence-corrected chi connectivity index (χ4v) is 5.81. The molecule has 0 saturated carbocycles. The third-order valence-corrected chi connectivity index (χ3v) is 7.81. The van der Waals surface area contributed by atoms with E-state index in [1.807, 2.05) is 20.0 Å². The number of nitrogens with one attached hydrogen (secondary N) is 1. The fourth-order valence-electron chi connectivity index (χ4n) is 2.79. The lowest BCUT2D eigenvalue weighted by Crippen LogP contribution is -2.35. The Labute approximate surface area is 152 Å². The van der Waals surface area contributed by atoms with Gasteiger partial charge in [-0.25, -0.2) is 8.42 Å². The van der Waals surface area contributed by atoms with Crippen LogP contribution in [-0.2, 0) is 22.9 Å². The van der Waals surface area contributed by atoms with E-state index in [-0.39, 0.29) is 6.04 Å². The zero-order valence-electron chi connectivity index (χ0n) is 14.6. The first-order valence-electron chi connectivity index (χ1n) is 8.56. The molecule has 1 saturated heterocycles. The molecule has 0 bridgehead atoms. The molecule has 1 aliphatic heterocycles. The number of thiophene rings is 1. The van der Waals surface area contributed by atoms with E-state index in [9.17, 15) is 8.42 Å². The van der Waals surface area contributed by atoms with Gasteiger partial charge in [0.05, 0.1) is 6.42 Å². The van der Waals surface area contributed by atoms with Crippen LogP contribution in [0, 0.1) is 0 Å². The second-order valence-corrected chi connectivity index (χ2v) is 9.69. The molecule has 1 N–H and O–H groups in total. The van der Waals surface area contributed by atoms with Gasteiger partial charge < -0.3 is 9.84 Å². The van der Waals surface area contributed by atoms with E-state index < -0.39 is 10.0 Å². The van der Waals surface area contributed by atoms with Crippen molar-refractivity contribution in [3.63, 3.8) is 0 Å². The first-order chi connectivity index (χ1) is 12.0. The molecule has 1 fully saturated rings. The number of aromatic nitrogens is 2. The molecule has 2 aromatic heterocycles. The summed E-state index contributed by atoms with van der Waals surface area (Å²) in [5.74, 6) is 1.18. The summed E-state index contributed by atoms with van der Waals surface area (Å²) >= 11 is 1.29. The summed E-state index contributed by atoms with van der Waals surface area (Å²) in [4.78, 5) is 5.29. The van der Waals surface area contributed by atoms with Crippen molar-refractivity contribution < 1.29 is 12.9 Å². The minimum absolute atomic E-state index is 0.272. The van der Waals surface area contributed by atoms with Crippen molar-refractivity contribution in [2.45, 2.75) is 49.3 Å². The summed E-state index contributed by atoms with van der Waals surface area (Å²) in [6.45, 7) is 3.28. The Kier molecular flexibility index (Phi) is 5.88. The molecule has 25 heavy (non-hydrogen) atoms. The standard InChI is InChI=1S/C16H24N4O3S2/c1-12(17-2)10-14-18-15(23-19-14)11-13-6-7-16(24-13)25(21,22)20-8-4-3-5-9-20/h6-7,12,17H,3-5,8-11H2,1-2H3. The molecule has 2 aromatic rings. The Morgan fingerprint density at radius 3 is 2.80 bits per heavy atom. The average molecular weight is 385 g/mol. The predicted molar refractivity (Wildman–Crippen MR) is 96.3 cm³/mol.